The molecule has 1 saturated heterocycles. The Morgan fingerprint density at radius 2 is 1.90 bits per heavy atom. The molecule has 0 bridgehead atoms. The summed E-state index contributed by atoms with van der Waals surface area (Å²) in [5.74, 6) is 2.62. The maximum Gasteiger partial charge on any atom is 0.231 e. The molecule has 3 heterocycles. The summed E-state index contributed by atoms with van der Waals surface area (Å²) in [4.78, 5) is 4.69. The van der Waals surface area contributed by atoms with Crippen molar-refractivity contribution < 1.29 is 14.2 Å². The molecule has 158 valence electrons. The lowest BCUT2D eigenvalue weighted by molar-refractivity contribution is 0.173. The summed E-state index contributed by atoms with van der Waals surface area (Å²) in [6.07, 6.45) is 6.69. The first-order valence-corrected chi connectivity index (χ1v) is 10.7. The molecule has 2 aromatic carbocycles. The number of likely N-dealkylation sites (tertiary alicyclic amines) is 1. The molecule has 0 aromatic heterocycles. The quantitative estimate of drug-likeness (QED) is 0.816. The van der Waals surface area contributed by atoms with E-state index < -0.39 is 0 Å². The van der Waals surface area contributed by atoms with Crippen LogP contribution in [0.25, 0.3) is 0 Å². The average Bonchev–Trinajstić information content (AvgIpc) is 3.25. The minimum absolute atomic E-state index is 0.219. The summed E-state index contributed by atoms with van der Waals surface area (Å²) >= 11 is 0. The van der Waals surface area contributed by atoms with Crippen molar-refractivity contribution in [2.24, 2.45) is 0 Å². The first-order chi connectivity index (χ1) is 14.7. The van der Waals surface area contributed by atoms with Crippen LogP contribution >= 0.6 is 0 Å². The fourth-order valence-electron chi connectivity index (χ4n) is 4.58. The third kappa shape index (κ3) is 3.85. The Morgan fingerprint density at radius 1 is 1.07 bits per heavy atom. The number of ether oxygens (including phenoxy) is 3. The van der Waals surface area contributed by atoms with E-state index in [9.17, 15) is 0 Å². The molecule has 0 amide bonds. The molecule has 30 heavy (non-hydrogen) atoms. The highest BCUT2D eigenvalue weighted by Gasteiger charge is 2.25. The molecular formula is C24H29N3O3. The monoisotopic (exact) mass is 407 g/mol. The van der Waals surface area contributed by atoms with Crippen molar-refractivity contribution in [3.8, 4) is 17.2 Å². The minimum Gasteiger partial charge on any atom is -0.497 e. The van der Waals surface area contributed by atoms with E-state index in [-0.39, 0.29) is 6.04 Å². The molecule has 1 atom stereocenters. The first-order valence-electron chi connectivity index (χ1n) is 10.7. The first kappa shape index (κ1) is 19.3. The van der Waals surface area contributed by atoms with Crippen molar-refractivity contribution in [2.45, 2.75) is 31.5 Å². The van der Waals surface area contributed by atoms with Crippen LogP contribution in [-0.4, -0.2) is 45.0 Å². The summed E-state index contributed by atoms with van der Waals surface area (Å²) in [5.41, 5.74) is 3.79. The van der Waals surface area contributed by atoms with Gasteiger partial charge in [0, 0.05) is 37.1 Å². The van der Waals surface area contributed by atoms with Crippen LogP contribution in [-0.2, 0) is 6.54 Å². The molecule has 3 aliphatic heterocycles. The number of methoxy groups -OCH3 is 1. The van der Waals surface area contributed by atoms with Gasteiger partial charge in [-0.1, -0.05) is 6.07 Å². The van der Waals surface area contributed by atoms with Gasteiger partial charge >= 0.3 is 0 Å². The molecule has 0 saturated carbocycles. The number of fused-ring (bicyclic) bond motifs is 2. The molecule has 5 rings (SSSR count). The maximum atomic E-state index is 5.51. The van der Waals surface area contributed by atoms with Crippen LogP contribution in [0.5, 0.6) is 17.2 Å². The largest absolute Gasteiger partial charge is 0.497 e. The predicted molar refractivity (Wildman–Crippen MR) is 117 cm³/mol. The Morgan fingerprint density at radius 3 is 2.73 bits per heavy atom. The van der Waals surface area contributed by atoms with Crippen molar-refractivity contribution in [3.63, 3.8) is 0 Å². The van der Waals surface area contributed by atoms with Crippen molar-refractivity contribution in [1.82, 2.24) is 10.2 Å². The Bertz CT molecular complexity index is 937. The number of rotatable bonds is 5. The van der Waals surface area contributed by atoms with E-state index in [1.165, 1.54) is 16.8 Å². The summed E-state index contributed by atoms with van der Waals surface area (Å²) in [5, 5.41) is 3.87. The SMILES string of the molecule is COc1ccc2c(c1)C(NC1CCN(Cc3ccc4c(c3)OCO4)CC1)C=CN2C. The number of anilines is 1. The van der Waals surface area contributed by atoms with Crippen LogP contribution < -0.4 is 24.4 Å². The van der Waals surface area contributed by atoms with E-state index >= 15 is 0 Å². The summed E-state index contributed by atoms with van der Waals surface area (Å²) in [6.45, 7) is 3.47. The Labute approximate surface area is 178 Å². The number of benzene rings is 2. The Hall–Kier alpha value is -2.70. The van der Waals surface area contributed by atoms with Crippen LogP contribution in [0.1, 0.15) is 30.0 Å². The smallest absolute Gasteiger partial charge is 0.231 e. The van der Waals surface area contributed by atoms with Crippen LogP contribution in [0.15, 0.2) is 48.7 Å². The normalized spacial score (nSPS) is 21.0. The van der Waals surface area contributed by atoms with E-state index in [4.69, 9.17) is 14.2 Å². The fourth-order valence-corrected chi connectivity index (χ4v) is 4.58. The topological polar surface area (TPSA) is 46.2 Å². The number of nitrogens with one attached hydrogen (secondary N) is 1. The van der Waals surface area contributed by atoms with Crippen LogP contribution in [0.2, 0.25) is 0 Å². The van der Waals surface area contributed by atoms with Gasteiger partial charge in [-0.3, -0.25) is 4.90 Å². The van der Waals surface area contributed by atoms with E-state index in [2.05, 4.69) is 58.7 Å². The highest BCUT2D eigenvalue weighted by Crippen LogP contribution is 2.35. The summed E-state index contributed by atoms with van der Waals surface area (Å²) < 4.78 is 16.4. The molecule has 0 radical (unpaired) electrons. The van der Waals surface area contributed by atoms with E-state index in [0.29, 0.717) is 12.8 Å². The van der Waals surface area contributed by atoms with Crippen LogP contribution in [0, 0.1) is 0 Å². The number of hydrogen-bond acceptors (Lipinski definition) is 6. The summed E-state index contributed by atoms with van der Waals surface area (Å²) in [6, 6.07) is 13.3. The van der Waals surface area contributed by atoms with Crippen molar-refractivity contribution in [2.75, 3.05) is 38.9 Å². The van der Waals surface area contributed by atoms with E-state index in [0.717, 1.165) is 49.7 Å². The van der Waals surface area contributed by atoms with E-state index in [1.807, 2.05) is 12.1 Å². The Kier molecular flexibility index (Phi) is 5.27. The zero-order valence-corrected chi connectivity index (χ0v) is 17.6. The minimum atomic E-state index is 0.219. The van der Waals surface area contributed by atoms with Crippen molar-refractivity contribution in [3.05, 3.63) is 59.8 Å². The average molecular weight is 408 g/mol. The molecule has 3 aliphatic rings. The second-order valence-electron chi connectivity index (χ2n) is 8.26. The molecule has 1 unspecified atom stereocenters. The molecule has 2 aromatic rings. The van der Waals surface area contributed by atoms with Gasteiger partial charge in [-0.15, -0.1) is 0 Å². The molecular weight excluding hydrogens is 378 g/mol. The number of nitrogens with zero attached hydrogens (tertiary/aromatic N) is 2. The van der Waals surface area contributed by atoms with Crippen molar-refractivity contribution >= 4 is 5.69 Å². The second kappa shape index (κ2) is 8.20. The van der Waals surface area contributed by atoms with Gasteiger partial charge in [0.2, 0.25) is 6.79 Å². The number of piperidine rings is 1. The van der Waals surface area contributed by atoms with Gasteiger partial charge < -0.3 is 24.4 Å². The molecule has 0 spiro atoms. The highest BCUT2D eigenvalue weighted by atomic mass is 16.7. The third-order valence-corrected chi connectivity index (χ3v) is 6.30. The van der Waals surface area contributed by atoms with Crippen LogP contribution in [0.4, 0.5) is 5.69 Å². The van der Waals surface area contributed by atoms with Gasteiger partial charge in [-0.25, -0.2) is 0 Å². The molecule has 6 heteroatoms. The second-order valence-corrected chi connectivity index (χ2v) is 8.26. The van der Waals surface area contributed by atoms with E-state index in [1.54, 1.807) is 7.11 Å². The van der Waals surface area contributed by atoms with Gasteiger partial charge in [0.25, 0.3) is 0 Å². The summed E-state index contributed by atoms with van der Waals surface area (Å²) in [7, 11) is 3.81. The lowest BCUT2D eigenvalue weighted by atomic mass is 9.97. The van der Waals surface area contributed by atoms with Gasteiger partial charge in [0.1, 0.15) is 5.75 Å². The molecule has 1 N–H and O–H groups in total. The predicted octanol–water partition coefficient (Wildman–Crippen LogP) is 3.68. The van der Waals surface area contributed by atoms with Crippen LogP contribution in [0.3, 0.4) is 0 Å². The zero-order chi connectivity index (χ0) is 20.5. The molecule has 1 fully saturated rings. The lowest BCUT2D eigenvalue weighted by Gasteiger charge is -2.36. The van der Waals surface area contributed by atoms with Gasteiger partial charge in [0.05, 0.1) is 13.2 Å². The third-order valence-electron chi connectivity index (χ3n) is 6.30. The van der Waals surface area contributed by atoms with Gasteiger partial charge in [-0.05, 0) is 67.9 Å². The lowest BCUT2D eigenvalue weighted by Crippen LogP contribution is -2.43. The molecule has 0 aliphatic carbocycles. The fraction of sp³-hybridized carbons (Fsp3) is 0.417. The van der Waals surface area contributed by atoms with Gasteiger partial charge in [-0.2, -0.15) is 0 Å². The number of hydrogen-bond donors (Lipinski definition) is 1. The standard InChI is InChI=1S/C24H29N3O3/c1-26-10-9-21(20-14-19(28-2)4-5-22(20)26)25-18-7-11-27(12-8-18)15-17-3-6-23-24(13-17)30-16-29-23/h3-6,9-10,13-14,18,21,25H,7-8,11-12,15-16H2,1-2H3. The van der Waals surface area contributed by atoms with Crippen molar-refractivity contribution in [1.29, 1.82) is 0 Å². The highest BCUT2D eigenvalue weighted by molar-refractivity contribution is 5.62. The maximum absolute atomic E-state index is 5.51. The Balaban J connectivity index is 1.19. The zero-order valence-electron chi connectivity index (χ0n) is 17.6. The van der Waals surface area contributed by atoms with Gasteiger partial charge in [0.15, 0.2) is 11.5 Å². The molecule has 6 nitrogen and oxygen atoms in total.